The Morgan fingerprint density at radius 3 is 2.57 bits per heavy atom. The maximum atomic E-state index is 5.08. The van der Waals surface area contributed by atoms with Crippen LogP contribution in [0.3, 0.4) is 0 Å². The van der Waals surface area contributed by atoms with Crippen LogP contribution in [-0.2, 0) is 0 Å². The summed E-state index contributed by atoms with van der Waals surface area (Å²) in [6.07, 6.45) is 7.38. The van der Waals surface area contributed by atoms with Gasteiger partial charge < -0.3 is 5.43 Å². The molecule has 0 aliphatic rings. The number of rotatable bonds is 4. The average molecular weight is 186 g/mol. The van der Waals surface area contributed by atoms with Gasteiger partial charge in [0.1, 0.15) is 0 Å². The quantitative estimate of drug-likeness (QED) is 0.430. The van der Waals surface area contributed by atoms with Gasteiger partial charge in [-0.1, -0.05) is 49.1 Å². The topological polar surface area (TPSA) is 38.0 Å². The minimum Gasteiger partial charge on any atom is -0.331 e. The van der Waals surface area contributed by atoms with Crippen molar-refractivity contribution in [3.63, 3.8) is 0 Å². The van der Waals surface area contributed by atoms with Gasteiger partial charge in [-0.2, -0.15) is 0 Å². The molecule has 0 heterocycles. The second-order valence-corrected chi connectivity index (χ2v) is 2.82. The predicted octanol–water partition coefficient (Wildman–Crippen LogP) is 2.23. The molecule has 1 aromatic rings. The highest BCUT2D eigenvalue weighted by Crippen LogP contribution is 2.04. The minimum atomic E-state index is 0.895. The maximum Gasteiger partial charge on any atom is 0.0128 e. The summed E-state index contributed by atoms with van der Waals surface area (Å²) in [5.41, 5.74) is 4.47. The van der Waals surface area contributed by atoms with E-state index in [0.29, 0.717) is 0 Å². The number of hydrazine groups is 1. The lowest BCUT2D eigenvalue weighted by Gasteiger charge is -1.92. The fourth-order valence-electron chi connectivity index (χ4n) is 0.978. The lowest BCUT2D eigenvalue weighted by Crippen LogP contribution is -2.12. The van der Waals surface area contributed by atoms with Crippen LogP contribution < -0.4 is 11.3 Å². The lowest BCUT2D eigenvalue weighted by molar-refractivity contribution is 0.967. The Bertz CT molecular complexity index is 337. The Morgan fingerprint density at radius 2 is 1.93 bits per heavy atom. The van der Waals surface area contributed by atoms with E-state index in [-0.39, 0.29) is 0 Å². The molecule has 0 radical (unpaired) electrons. The van der Waals surface area contributed by atoms with Gasteiger partial charge in [-0.3, -0.25) is 5.84 Å². The van der Waals surface area contributed by atoms with Gasteiger partial charge in [0.25, 0.3) is 0 Å². The van der Waals surface area contributed by atoms with Gasteiger partial charge in [0, 0.05) is 6.20 Å². The molecule has 3 N–H and O–H groups in total. The first kappa shape index (κ1) is 10.3. The van der Waals surface area contributed by atoms with E-state index >= 15 is 0 Å². The van der Waals surface area contributed by atoms with Gasteiger partial charge in [-0.05, 0) is 17.2 Å². The molecule has 0 aromatic heterocycles. The van der Waals surface area contributed by atoms with E-state index in [1.54, 1.807) is 12.3 Å². The molecule has 0 spiro atoms. The van der Waals surface area contributed by atoms with Gasteiger partial charge in [0.2, 0.25) is 0 Å². The molecule has 14 heavy (non-hydrogen) atoms. The molecule has 72 valence electrons. The van der Waals surface area contributed by atoms with Crippen molar-refractivity contribution in [3.8, 4) is 0 Å². The van der Waals surface area contributed by atoms with Gasteiger partial charge in [0.15, 0.2) is 0 Å². The van der Waals surface area contributed by atoms with Crippen LogP contribution in [0.2, 0.25) is 0 Å². The van der Waals surface area contributed by atoms with Crippen LogP contribution in [0.25, 0.3) is 6.08 Å². The largest absolute Gasteiger partial charge is 0.331 e. The van der Waals surface area contributed by atoms with Crippen LogP contribution in [0.1, 0.15) is 5.56 Å². The van der Waals surface area contributed by atoms with Crippen molar-refractivity contribution in [1.82, 2.24) is 5.43 Å². The zero-order valence-electron chi connectivity index (χ0n) is 7.98. The van der Waals surface area contributed by atoms with Crippen LogP contribution in [0.4, 0.5) is 0 Å². The van der Waals surface area contributed by atoms with Gasteiger partial charge in [-0.25, -0.2) is 0 Å². The number of hydrogen-bond acceptors (Lipinski definition) is 2. The Balaban J connectivity index is 2.56. The van der Waals surface area contributed by atoms with Gasteiger partial charge in [0.05, 0.1) is 0 Å². The van der Waals surface area contributed by atoms with Crippen LogP contribution >= 0.6 is 0 Å². The first-order valence-corrected chi connectivity index (χ1v) is 4.37. The first-order valence-electron chi connectivity index (χ1n) is 4.37. The highest BCUT2D eigenvalue weighted by molar-refractivity contribution is 5.53. The van der Waals surface area contributed by atoms with Gasteiger partial charge in [-0.15, -0.1) is 0 Å². The fourth-order valence-corrected chi connectivity index (χ4v) is 0.978. The van der Waals surface area contributed by atoms with E-state index in [0.717, 1.165) is 11.1 Å². The van der Waals surface area contributed by atoms with Crippen LogP contribution in [0.5, 0.6) is 0 Å². The highest BCUT2D eigenvalue weighted by atomic mass is 15.2. The van der Waals surface area contributed by atoms with Crippen molar-refractivity contribution in [2.45, 2.75) is 0 Å². The summed E-state index contributed by atoms with van der Waals surface area (Å²) in [4.78, 5) is 0. The summed E-state index contributed by atoms with van der Waals surface area (Å²) in [7, 11) is 0. The third-order valence-electron chi connectivity index (χ3n) is 1.68. The fraction of sp³-hybridized carbons (Fsp3) is 0. The molecule has 0 aliphatic heterocycles. The van der Waals surface area contributed by atoms with Crippen LogP contribution in [0.15, 0.2) is 60.8 Å². The normalized spacial score (nSPS) is 10.9. The average Bonchev–Trinajstić information content (AvgIpc) is 2.25. The van der Waals surface area contributed by atoms with E-state index in [1.165, 1.54) is 0 Å². The summed E-state index contributed by atoms with van der Waals surface area (Å²) < 4.78 is 0. The molecule has 2 nitrogen and oxygen atoms in total. The highest BCUT2D eigenvalue weighted by Gasteiger charge is 1.83. The molecule has 0 amide bonds. The second-order valence-electron chi connectivity index (χ2n) is 2.82. The lowest BCUT2D eigenvalue weighted by atomic mass is 10.2. The smallest absolute Gasteiger partial charge is 0.0128 e. The maximum absolute atomic E-state index is 5.08. The van der Waals surface area contributed by atoms with Gasteiger partial charge >= 0.3 is 0 Å². The number of nitrogens with two attached hydrogens (primary N) is 1. The van der Waals surface area contributed by atoms with Crippen molar-refractivity contribution >= 4 is 6.08 Å². The van der Waals surface area contributed by atoms with E-state index in [2.05, 4.69) is 12.0 Å². The predicted molar refractivity (Wildman–Crippen MR) is 61.1 cm³/mol. The molecule has 0 unspecified atom stereocenters. The molecule has 0 saturated heterocycles. The summed E-state index contributed by atoms with van der Waals surface area (Å²) in [6, 6.07) is 10.1. The van der Waals surface area contributed by atoms with E-state index in [1.807, 2.05) is 42.5 Å². The molecular formula is C12H14N2. The Morgan fingerprint density at radius 1 is 1.21 bits per heavy atom. The molecule has 0 bridgehead atoms. The van der Waals surface area contributed by atoms with Crippen molar-refractivity contribution in [3.05, 3.63) is 66.4 Å². The molecule has 0 atom stereocenters. The Kier molecular flexibility index (Phi) is 4.24. The zero-order valence-corrected chi connectivity index (χ0v) is 7.98. The minimum absolute atomic E-state index is 0.895. The van der Waals surface area contributed by atoms with Crippen LogP contribution in [0, 0.1) is 0 Å². The second kappa shape index (κ2) is 5.78. The van der Waals surface area contributed by atoms with Crippen LogP contribution in [-0.4, -0.2) is 0 Å². The molecular weight excluding hydrogens is 172 g/mol. The summed E-state index contributed by atoms with van der Waals surface area (Å²) in [5.74, 6) is 5.08. The monoisotopic (exact) mass is 186 g/mol. The zero-order chi connectivity index (χ0) is 10.2. The standard InChI is InChI=1S/C12H14N2/c1-11(9-10-14-13)7-8-12-5-3-2-4-6-12/h2-10,14H,1,13H2/b8-7+,10-9-. The Labute approximate surface area is 84.4 Å². The van der Waals surface area contributed by atoms with Crippen molar-refractivity contribution in [2.75, 3.05) is 0 Å². The summed E-state index contributed by atoms with van der Waals surface area (Å²) in [5, 5.41) is 0. The molecule has 1 rings (SSSR count). The molecule has 0 saturated carbocycles. The van der Waals surface area contributed by atoms with Crippen molar-refractivity contribution in [1.29, 1.82) is 0 Å². The number of benzene rings is 1. The van der Waals surface area contributed by atoms with Crippen molar-refractivity contribution in [2.24, 2.45) is 5.84 Å². The molecule has 0 aliphatic carbocycles. The van der Waals surface area contributed by atoms with E-state index < -0.39 is 0 Å². The van der Waals surface area contributed by atoms with E-state index in [9.17, 15) is 0 Å². The number of allylic oxidation sites excluding steroid dienone is 3. The number of hydrogen-bond donors (Lipinski definition) is 2. The Hall–Kier alpha value is -1.80. The number of nitrogens with one attached hydrogen (secondary N) is 1. The van der Waals surface area contributed by atoms with E-state index in [4.69, 9.17) is 5.84 Å². The first-order chi connectivity index (χ1) is 6.83. The summed E-state index contributed by atoms with van der Waals surface area (Å²) >= 11 is 0. The molecule has 0 fully saturated rings. The molecule has 2 heteroatoms. The summed E-state index contributed by atoms with van der Waals surface area (Å²) in [6.45, 7) is 3.84. The molecule has 1 aromatic carbocycles. The van der Waals surface area contributed by atoms with Crippen molar-refractivity contribution < 1.29 is 0 Å². The third kappa shape index (κ3) is 3.74. The third-order valence-corrected chi connectivity index (χ3v) is 1.68. The SMILES string of the molecule is C=C(/C=C\NN)/C=C/c1ccccc1.